The van der Waals surface area contributed by atoms with Crippen molar-refractivity contribution in [3.05, 3.63) is 70.5 Å². The molecule has 0 fully saturated rings. The van der Waals surface area contributed by atoms with E-state index >= 15 is 0 Å². The topological polar surface area (TPSA) is 46.4 Å². The van der Waals surface area contributed by atoms with Crippen LogP contribution in [0.2, 0.25) is 0 Å². The summed E-state index contributed by atoms with van der Waals surface area (Å²) < 4.78 is 2.69. The first kappa shape index (κ1) is 12.9. The third-order valence-corrected chi connectivity index (χ3v) is 3.51. The van der Waals surface area contributed by atoms with Gasteiger partial charge in [-0.2, -0.15) is 5.10 Å². The van der Waals surface area contributed by atoms with E-state index < -0.39 is 0 Å². The van der Waals surface area contributed by atoms with Gasteiger partial charge in [-0.25, -0.2) is 4.52 Å². The van der Waals surface area contributed by atoms with Crippen LogP contribution in [0.1, 0.15) is 15.9 Å². The maximum atomic E-state index is 12.2. The van der Waals surface area contributed by atoms with Crippen LogP contribution in [0.25, 0.3) is 5.52 Å². The van der Waals surface area contributed by atoms with Gasteiger partial charge in [0.2, 0.25) is 0 Å². The zero-order chi connectivity index (χ0) is 13.9. The highest BCUT2D eigenvalue weighted by molar-refractivity contribution is 9.10. The van der Waals surface area contributed by atoms with E-state index in [1.54, 1.807) is 10.7 Å². The standard InChI is InChI=1S/C15H12BrN3O/c16-12-5-3-4-11(8-12)9-17-15(20)13-10-18-19-7-2-1-6-14(13)19/h1-8,10H,9H2,(H,17,20). The molecule has 20 heavy (non-hydrogen) atoms. The zero-order valence-electron chi connectivity index (χ0n) is 10.6. The number of rotatable bonds is 3. The number of nitrogens with one attached hydrogen (secondary N) is 1. The fourth-order valence-electron chi connectivity index (χ4n) is 2.03. The van der Waals surface area contributed by atoms with Crippen molar-refractivity contribution in [2.45, 2.75) is 6.54 Å². The van der Waals surface area contributed by atoms with E-state index in [1.165, 1.54) is 0 Å². The number of amides is 1. The van der Waals surface area contributed by atoms with Crippen LogP contribution in [0.4, 0.5) is 0 Å². The molecule has 1 N–H and O–H groups in total. The van der Waals surface area contributed by atoms with Gasteiger partial charge in [0, 0.05) is 17.2 Å². The van der Waals surface area contributed by atoms with E-state index in [2.05, 4.69) is 26.3 Å². The number of nitrogens with zero attached hydrogens (tertiary/aromatic N) is 2. The van der Waals surface area contributed by atoms with E-state index in [-0.39, 0.29) is 5.91 Å². The quantitative estimate of drug-likeness (QED) is 0.802. The molecule has 1 amide bonds. The van der Waals surface area contributed by atoms with E-state index in [0.29, 0.717) is 12.1 Å². The van der Waals surface area contributed by atoms with Crippen LogP contribution in [-0.2, 0) is 6.54 Å². The lowest BCUT2D eigenvalue weighted by atomic mass is 10.2. The van der Waals surface area contributed by atoms with Crippen molar-refractivity contribution in [3.8, 4) is 0 Å². The highest BCUT2D eigenvalue weighted by atomic mass is 79.9. The summed E-state index contributed by atoms with van der Waals surface area (Å²) in [5.74, 6) is -0.119. The minimum Gasteiger partial charge on any atom is -0.348 e. The van der Waals surface area contributed by atoms with Crippen molar-refractivity contribution in [3.63, 3.8) is 0 Å². The molecule has 0 aliphatic heterocycles. The van der Waals surface area contributed by atoms with Gasteiger partial charge in [0.1, 0.15) is 0 Å². The molecule has 100 valence electrons. The first-order chi connectivity index (χ1) is 9.74. The van der Waals surface area contributed by atoms with Gasteiger partial charge in [-0.05, 0) is 29.8 Å². The van der Waals surface area contributed by atoms with Crippen molar-refractivity contribution in [2.24, 2.45) is 0 Å². The molecule has 0 aliphatic rings. The van der Waals surface area contributed by atoms with Gasteiger partial charge in [0.15, 0.2) is 0 Å². The molecular formula is C15H12BrN3O. The molecule has 0 radical (unpaired) electrons. The van der Waals surface area contributed by atoms with Gasteiger partial charge in [-0.3, -0.25) is 4.79 Å². The van der Waals surface area contributed by atoms with Crippen LogP contribution in [-0.4, -0.2) is 15.5 Å². The molecule has 1 aromatic carbocycles. The fraction of sp³-hybridized carbons (Fsp3) is 0.0667. The van der Waals surface area contributed by atoms with Crippen molar-refractivity contribution in [2.75, 3.05) is 0 Å². The maximum Gasteiger partial charge on any atom is 0.255 e. The van der Waals surface area contributed by atoms with Gasteiger partial charge >= 0.3 is 0 Å². The Balaban J connectivity index is 1.76. The number of fused-ring (bicyclic) bond motifs is 1. The highest BCUT2D eigenvalue weighted by Gasteiger charge is 2.11. The Kier molecular flexibility index (Phi) is 3.52. The summed E-state index contributed by atoms with van der Waals surface area (Å²) in [6, 6.07) is 13.5. The Bertz CT molecular complexity index is 766. The average molecular weight is 330 g/mol. The predicted molar refractivity (Wildman–Crippen MR) is 80.5 cm³/mol. The molecule has 0 saturated carbocycles. The number of hydrogen-bond donors (Lipinski definition) is 1. The molecule has 2 aromatic heterocycles. The van der Waals surface area contributed by atoms with Gasteiger partial charge < -0.3 is 5.32 Å². The van der Waals surface area contributed by atoms with Gasteiger partial charge in [-0.15, -0.1) is 0 Å². The number of carbonyl (C=O) groups excluding carboxylic acids is 1. The lowest BCUT2D eigenvalue weighted by Crippen LogP contribution is -2.22. The van der Waals surface area contributed by atoms with E-state index in [9.17, 15) is 4.79 Å². The fourth-order valence-corrected chi connectivity index (χ4v) is 2.48. The summed E-state index contributed by atoms with van der Waals surface area (Å²) in [6.07, 6.45) is 3.41. The molecular weight excluding hydrogens is 318 g/mol. The SMILES string of the molecule is O=C(NCc1cccc(Br)c1)c1cnn2ccccc12. The van der Waals surface area contributed by atoms with Crippen molar-refractivity contribution in [1.29, 1.82) is 0 Å². The molecule has 3 aromatic rings. The Labute approximate surface area is 124 Å². The van der Waals surface area contributed by atoms with Crippen LogP contribution in [0.15, 0.2) is 59.3 Å². The first-order valence-electron chi connectivity index (χ1n) is 6.19. The third-order valence-electron chi connectivity index (χ3n) is 3.01. The number of hydrogen-bond acceptors (Lipinski definition) is 2. The molecule has 0 aliphatic carbocycles. The summed E-state index contributed by atoms with van der Waals surface area (Å²) in [4.78, 5) is 12.2. The molecule has 0 atom stereocenters. The maximum absolute atomic E-state index is 12.2. The molecule has 0 spiro atoms. The second-order valence-electron chi connectivity index (χ2n) is 4.40. The zero-order valence-corrected chi connectivity index (χ0v) is 12.2. The Morgan fingerprint density at radius 2 is 2.15 bits per heavy atom. The van der Waals surface area contributed by atoms with Crippen LogP contribution in [0.5, 0.6) is 0 Å². The minimum absolute atomic E-state index is 0.119. The molecule has 0 bridgehead atoms. The van der Waals surface area contributed by atoms with E-state index in [4.69, 9.17) is 0 Å². The number of halogens is 1. The lowest BCUT2D eigenvalue weighted by Gasteiger charge is -2.05. The van der Waals surface area contributed by atoms with Crippen LogP contribution in [0.3, 0.4) is 0 Å². The normalized spacial score (nSPS) is 10.7. The van der Waals surface area contributed by atoms with Gasteiger partial charge in [0.05, 0.1) is 17.3 Å². The van der Waals surface area contributed by atoms with Gasteiger partial charge in [-0.1, -0.05) is 34.1 Å². The van der Waals surface area contributed by atoms with Gasteiger partial charge in [0.25, 0.3) is 5.91 Å². The summed E-state index contributed by atoms with van der Waals surface area (Å²) in [5, 5.41) is 7.06. The summed E-state index contributed by atoms with van der Waals surface area (Å²) in [7, 11) is 0. The predicted octanol–water partition coefficient (Wildman–Crippen LogP) is 3.03. The average Bonchev–Trinajstić information content (AvgIpc) is 2.89. The van der Waals surface area contributed by atoms with Crippen LogP contribution >= 0.6 is 15.9 Å². The third kappa shape index (κ3) is 2.58. The summed E-state index contributed by atoms with van der Waals surface area (Å²) in [5.41, 5.74) is 2.43. The van der Waals surface area contributed by atoms with Crippen molar-refractivity contribution >= 4 is 27.4 Å². The molecule has 0 saturated heterocycles. The number of aromatic nitrogens is 2. The van der Waals surface area contributed by atoms with E-state index in [0.717, 1.165) is 15.6 Å². The Morgan fingerprint density at radius 1 is 1.25 bits per heavy atom. The second kappa shape index (κ2) is 5.46. The smallest absolute Gasteiger partial charge is 0.255 e. The number of carbonyl (C=O) groups is 1. The highest BCUT2D eigenvalue weighted by Crippen LogP contribution is 2.13. The lowest BCUT2D eigenvalue weighted by molar-refractivity contribution is 0.0952. The van der Waals surface area contributed by atoms with Crippen molar-refractivity contribution < 1.29 is 4.79 Å². The summed E-state index contributed by atoms with van der Waals surface area (Å²) in [6.45, 7) is 0.489. The molecule has 2 heterocycles. The second-order valence-corrected chi connectivity index (χ2v) is 5.32. The number of benzene rings is 1. The Hall–Kier alpha value is -2.14. The van der Waals surface area contributed by atoms with Crippen molar-refractivity contribution in [1.82, 2.24) is 14.9 Å². The van der Waals surface area contributed by atoms with E-state index in [1.807, 2.05) is 48.7 Å². The largest absolute Gasteiger partial charge is 0.348 e. The molecule has 0 unspecified atom stereocenters. The van der Waals surface area contributed by atoms with Crippen LogP contribution in [0, 0.1) is 0 Å². The minimum atomic E-state index is -0.119. The molecule has 4 nitrogen and oxygen atoms in total. The number of pyridine rings is 1. The Morgan fingerprint density at radius 3 is 3.00 bits per heavy atom. The summed E-state index contributed by atoms with van der Waals surface area (Å²) >= 11 is 3.41. The molecule has 5 heteroatoms. The monoisotopic (exact) mass is 329 g/mol. The van der Waals surface area contributed by atoms with Crippen LogP contribution < -0.4 is 5.32 Å². The molecule has 3 rings (SSSR count). The first-order valence-corrected chi connectivity index (χ1v) is 6.98.